The minimum absolute atomic E-state index is 0.00666. The quantitative estimate of drug-likeness (QED) is 0.871. The van der Waals surface area contributed by atoms with E-state index in [2.05, 4.69) is 17.5 Å². The van der Waals surface area contributed by atoms with Gasteiger partial charge in [0.2, 0.25) is 5.91 Å². The van der Waals surface area contributed by atoms with E-state index in [-0.39, 0.29) is 35.5 Å². The van der Waals surface area contributed by atoms with Crippen LogP contribution in [0.5, 0.6) is 0 Å². The van der Waals surface area contributed by atoms with E-state index in [1.807, 2.05) is 43.3 Å². The van der Waals surface area contributed by atoms with Gasteiger partial charge in [-0.25, -0.2) is 0 Å². The molecule has 1 aromatic carbocycles. The average molecular weight is 293 g/mol. The van der Waals surface area contributed by atoms with Crippen molar-refractivity contribution in [2.24, 2.45) is 23.2 Å². The maximum absolute atomic E-state index is 13.0. The first-order valence-electron chi connectivity index (χ1n) is 7.90. The fraction of sp³-hybridized carbons (Fsp3) is 0.368. The summed E-state index contributed by atoms with van der Waals surface area (Å²) in [6.07, 6.45) is 8.64. The summed E-state index contributed by atoms with van der Waals surface area (Å²) in [4.78, 5) is 25.2. The van der Waals surface area contributed by atoms with E-state index in [4.69, 9.17) is 0 Å². The molecule has 1 aromatic rings. The molecule has 0 unspecified atom stereocenters. The molecule has 1 amide bonds. The summed E-state index contributed by atoms with van der Waals surface area (Å²) in [5.41, 5.74) is 0.426. The smallest absolute Gasteiger partial charge is 0.231 e. The number of fused-ring (bicyclic) bond motifs is 5. The van der Waals surface area contributed by atoms with Crippen LogP contribution in [-0.2, 0) is 9.59 Å². The van der Waals surface area contributed by atoms with E-state index in [1.54, 1.807) is 6.08 Å². The third kappa shape index (κ3) is 1.68. The lowest BCUT2D eigenvalue weighted by atomic mass is 9.69. The van der Waals surface area contributed by atoms with E-state index in [0.29, 0.717) is 0 Å². The summed E-state index contributed by atoms with van der Waals surface area (Å²) in [6, 6.07) is 9.87. The fourth-order valence-electron chi connectivity index (χ4n) is 4.44. The van der Waals surface area contributed by atoms with Crippen LogP contribution in [0.3, 0.4) is 0 Å². The zero-order valence-electron chi connectivity index (χ0n) is 12.5. The fourth-order valence-corrected chi connectivity index (χ4v) is 4.44. The molecule has 0 aromatic heterocycles. The lowest BCUT2D eigenvalue weighted by molar-refractivity contribution is -0.136. The van der Waals surface area contributed by atoms with E-state index in [9.17, 15) is 9.59 Å². The number of allylic oxidation sites excluding steroid dienone is 3. The first kappa shape index (κ1) is 13.5. The molecule has 4 rings (SSSR count). The minimum atomic E-state index is -0.653. The van der Waals surface area contributed by atoms with E-state index in [0.717, 1.165) is 12.0 Å². The van der Waals surface area contributed by atoms with Crippen molar-refractivity contribution in [3.8, 4) is 0 Å². The molecule has 0 spiro atoms. The summed E-state index contributed by atoms with van der Waals surface area (Å²) in [5, 5.41) is 3.13. The van der Waals surface area contributed by atoms with E-state index >= 15 is 0 Å². The van der Waals surface area contributed by atoms with Crippen molar-refractivity contribution in [1.82, 2.24) is 5.32 Å². The van der Waals surface area contributed by atoms with Gasteiger partial charge in [0.25, 0.3) is 0 Å². The van der Waals surface area contributed by atoms with Gasteiger partial charge in [-0.2, -0.15) is 0 Å². The largest absolute Gasteiger partial charge is 0.349 e. The lowest BCUT2D eigenvalue weighted by Gasteiger charge is -2.34. The number of benzene rings is 1. The number of carbonyl (C=O) groups excluding carboxylic acids is 2. The number of nitrogens with one attached hydrogen (secondary N) is 1. The van der Waals surface area contributed by atoms with Crippen molar-refractivity contribution < 1.29 is 9.59 Å². The van der Waals surface area contributed by atoms with Crippen LogP contribution in [0.4, 0.5) is 0 Å². The van der Waals surface area contributed by atoms with Crippen LogP contribution >= 0.6 is 0 Å². The Bertz CT molecular complexity index is 691. The highest BCUT2D eigenvalue weighted by Crippen LogP contribution is 2.60. The zero-order chi connectivity index (χ0) is 15.3. The summed E-state index contributed by atoms with van der Waals surface area (Å²) in [6.45, 7) is 1.99. The molecule has 2 bridgehead atoms. The van der Waals surface area contributed by atoms with Crippen molar-refractivity contribution in [1.29, 1.82) is 0 Å². The second-order valence-electron chi connectivity index (χ2n) is 6.64. The van der Waals surface area contributed by atoms with Crippen molar-refractivity contribution in [2.75, 3.05) is 0 Å². The number of hydrogen-bond donors (Lipinski definition) is 1. The SMILES string of the molecule is C[C@H](NC(=O)[C@]12C=CC(=O)[C@@H]1[C@H]1C=C[C@H]2C1)c1ccccc1. The Morgan fingerprint density at radius 3 is 2.82 bits per heavy atom. The Hall–Kier alpha value is -2.16. The van der Waals surface area contributed by atoms with Crippen LogP contribution in [0.1, 0.15) is 24.9 Å². The van der Waals surface area contributed by atoms with Crippen LogP contribution in [0.2, 0.25) is 0 Å². The highest BCUT2D eigenvalue weighted by molar-refractivity contribution is 6.04. The first-order chi connectivity index (χ1) is 10.6. The normalized spacial score (nSPS) is 35.7. The maximum atomic E-state index is 13.0. The Balaban J connectivity index is 1.61. The zero-order valence-corrected chi connectivity index (χ0v) is 12.5. The second kappa shape index (κ2) is 4.67. The van der Waals surface area contributed by atoms with Gasteiger partial charge in [-0.05, 0) is 36.8 Å². The van der Waals surface area contributed by atoms with Crippen LogP contribution in [0.25, 0.3) is 0 Å². The molecule has 1 N–H and O–H groups in total. The highest BCUT2D eigenvalue weighted by atomic mass is 16.2. The monoisotopic (exact) mass is 293 g/mol. The van der Waals surface area contributed by atoms with Gasteiger partial charge in [0.15, 0.2) is 5.78 Å². The third-order valence-electron chi connectivity index (χ3n) is 5.54. The van der Waals surface area contributed by atoms with Crippen LogP contribution in [-0.4, -0.2) is 11.7 Å². The van der Waals surface area contributed by atoms with Crippen LogP contribution < -0.4 is 5.32 Å². The maximum Gasteiger partial charge on any atom is 0.231 e. The molecule has 22 heavy (non-hydrogen) atoms. The van der Waals surface area contributed by atoms with Gasteiger partial charge in [-0.1, -0.05) is 48.6 Å². The standard InChI is InChI=1S/C19H19NO2/c1-12(13-5-3-2-4-6-13)20-18(22)19-10-9-16(21)17(19)14-7-8-15(19)11-14/h2-10,12,14-15,17H,11H2,1H3,(H,20,22)/t12-,14-,15-,17-,19-/m0/s1. The lowest BCUT2D eigenvalue weighted by Crippen LogP contribution is -2.47. The van der Waals surface area contributed by atoms with Gasteiger partial charge in [0.1, 0.15) is 0 Å². The van der Waals surface area contributed by atoms with Gasteiger partial charge in [-0.15, -0.1) is 0 Å². The van der Waals surface area contributed by atoms with E-state index in [1.165, 1.54) is 0 Å². The number of ketones is 1. The molecular weight excluding hydrogens is 274 g/mol. The predicted molar refractivity (Wildman–Crippen MR) is 83.8 cm³/mol. The van der Waals surface area contributed by atoms with Crippen molar-refractivity contribution in [3.05, 3.63) is 60.2 Å². The van der Waals surface area contributed by atoms with Crippen LogP contribution in [0, 0.1) is 23.2 Å². The summed E-state index contributed by atoms with van der Waals surface area (Å²) in [7, 11) is 0. The average Bonchev–Trinajstić information content (AvgIpc) is 3.21. The van der Waals surface area contributed by atoms with Crippen LogP contribution in [0.15, 0.2) is 54.6 Å². The molecule has 3 nitrogen and oxygen atoms in total. The molecule has 0 saturated heterocycles. The van der Waals surface area contributed by atoms with Crippen molar-refractivity contribution in [3.63, 3.8) is 0 Å². The molecule has 0 radical (unpaired) electrons. The Kier molecular flexibility index (Phi) is 2.86. The number of carbonyl (C=O) groups is 2. The van der Waals surface area contributed by atoms with Crippen molar-refractivity contribution in [2.45, 2.75) is 19.4 Å². The minimum Gasteiger partial charge on any atom is -0.349 e. The molecule has 1 fully saturated rings. The molecule has 0 aliphatic heterocycles. The van der Waals surface area contributed by atoms with Gasteiger partial charge >= 0.3 is 0 Å². The third-order valence-corrected chi connectivity index (χ3v) is 5.54. The van der Waals surface area contributed by atoms with Gasteiger partial charge in [-0.3, -0.25) is 9.59 Å². The number of hydrogen-bond acceptors (Lipinski definition) is 2. The van der Waals surface area contributed by atoms with Gasteiger partial charge in [0.05, 0.1) is 11.5 Å². The number of amides is 1. The molecule has 3 aliphatic carbocycles. The Labute approximate surface area is 130 Å². The summed E-state index contributed by atoms with van der Waals surface area (Å²) in [5.74, 6) is 0.302. The Morgan fingerprint density at radius 1 is 1.27 bits per heavy atom. The topological polar surface area (TPSA) is 46.2 Å². The summed E-state index contributed by atoms with van der Waals surface area (Å²) < 4.78 is 0. The summed E-state index contributed by atoms with van der Waals surface area (Å²) >= 11 is 0. The predicted octanol–water partition coefficient (Wildman–Crippen LogP) is 2.81. The van der Waals surface area contributed by atoms with Crippen molar-refractivity contribution >= 4 is 11.7 Å². The molecule has 5 atom stereocenters. The van der Waals surface area contributed by atoms with Gasteiger partial charge < -0.3 is 5.32 Å². The molecule has 112 valence electrons. The molecule has 3 heteroatoms. The number of rotatable bonds is 3. The highest BCUT2D eigenvalue weighted by Gasteiger charge is 2.63. The molecule has 1 saturated carbocycles. The molecular formula is C19H19NO2. The van der Waals surface area contributed by atoms with Gasteiger partial charge in [0, 0.05) is 5.92 Å². The molecule has 0 heterocycles. The Morgan fingerprint density at radius 2 is 2.05 bits per heavy atom. The van der Waals surface area contributed by atoms with E-state index < -0.39 is 5.41 Å². The second-order valence-corrected chi connectivity index (χ2v) is 6.64. The first-order valence-corrected chi connectivity index (χ1v) is 7.90. The molecule has 3 aliphatic rings.